The van der Waals surface area contributed by atoms with Crippen LogP contribution >= 0.6 is 11.3 Å². The second kappa shape index (κ2) is 4.31. The van der Waals surface area contributed by atoms with E-state index >= 15 is 0 Å². The number of hydrogen-bond acceptors (Lipinski definition) is 3. The van der Waals surface area contributed by atoms with Gasteiger partial charge in [0.1, 0.15) is 5.82 Å². The molecule has 0 amide bonds. The van der Waals surface area contributed by atoms with Crippen molar-refractivity contribution in [3.8, 4) is 16.9 Å². The molecule has 0 atom stereocenters. The number of benzene rings is 1. The van der Waals surface area contributed by atoms with Crippen molar-refractivity contribution in [2.75, 3.05) is 0 Å². The number of imidazole rings is 1. The van der Waals surface area contributed by atoms with E-state index in [-0.39, 0.29) is 0 Å². The second-order valence-corrected chi connectivity index (χ2v) is 5.57. The standard InChI is InChI=1S/C15H13N3S/c1-2-12(14-9-19-10-17-14)8-13(3-1)18-7-6-16-15(18)11-4-5-11/h1-3,6-11H,4-5H2. The molecule has 19 heavy (non-hydrogen) atoms. The van der Waals surface area contributed by atoms with Gasteiger partial charge in [-0.1, -0.05) is 12.1 Å². The van der Waals surface area contributed by atoms with Gasteiger partial charge >= 0.3 is 0 Å². The van der Waals surface area contributed by atoms with Crippen LogP contribution in [0, 0.1) is 0 Å². The van der Waals surface area contributed by atoms with Crippen LogP contribution in [0.2, 0.25) is 0 Å². The molecule has 1 aromatic carbocycles. The molecule has 1 saturated carbocycles. The van der Waals surface area contributed by atoms with Crippen molar-refractivity contribution in [2.24, 2.45) is 0 Å². The number of nitrogens with zero attached hydrogens (tertiary/aromatic N) is 3. The Hall–Kier alpha value is -1.94. The Labute approximate surface area is 115 Å². The first kappa shape index (κ1) is 10.9. The lowest BCUT2D eigenvalue weighted by Crippen LogP contribution is -1.98. The van der Waals surface area contributed by atoms with Gasteiger partial charge in [-0.25, -0.2) is 9.97 Å². The van der Waals surface area contributed by atoms with Crippen molar-refractivity contribution in [3.05, 3.63) is 53.4 Å². The Balaban J connectivity index is 1.79. The molecule has 0 aliphatic heterocycles. The maximum atomic E-state index is 4.50. The van der Waals surface area contributed by atoms with Crippen molar-refractivity contribution >= 4 is 11.3 Å². The van der Waals surface area contributed by atoms with Gasteiger partial charge in [0, 0.05) is 34.9 Å². The van der Waals surface area contributed by atoms with Gasteiger partial charge in [0.25, 0.3) is 0 Å². The summed E-state index contributed by atoms with van der Waals surface area (Å²) in [6.07, 6.45) is 6.47. The lowest BCUT2D eigenvalue weighted by molar-refractivity contribution is 0.880. The van der Waals surface area contributed by atoms with Crippen LogP contribution in [0.5, 0.6) is 0 Å². The molecule has 0 saturated heterocycles. The van der Waals surface area contributed by atoms with Crippen LogP contribution in [0.15, 0.2) is 47.5 Å². The molecule has 0 N–H and O–H groups in total. The van der Waals surface area contributed by atoms with Crippen molar-refractivity contribution in [2.45, 2.75) is 18.8 Å². The van der Waals surface area contributed by atoms with Crippen LogP contribution in [-0.2, 0) is 0 Å². The van der Waals surface area contributed by atoms with E-state index < -0.39 is 0 Å². The average Bonchev–Trinajstić information content (AvgIpc) is 2.97. The molecule has 1 aliphatic carbocycles. The van der Waals surface area contributed by atoms with Crippen molar-refractivity contribution in [1.82, 2.24) is 14.5 Å². The number of aromatic nitrogens is 3. The molecular weight excluding hydrogens is 254 g/mol. The third-order valence-electron chi connectivity index (χ3n) is 3.46. The fraction of sp³-hybridized carbons (Fsp3) is 0.200. The highest BCUT2D eigenvalue weighted by Crippen LogP contribution is 2.40. The van der Waals surface area contributed by atoms with Crippen LogP contribution in [0.3, 0.4) is 0 Å². The lowest BCUT2D eigenvalue weighted by atomic mass is 10.1. The Kier molecular flexibility index (Phi) is 2.48. The molecule has 4 rings (SSSR count). The Bertz CT molecular complexity index is 696. The molecule has 4 heteroatoms. The van der Waals surface area contributed by atoms with Crippen molar-refractivity contribution in [3.63, 3.8) is 0 Å². The van der Waals surface area contributed by atoms with Crippen molar-refractivity contribution < 1.29 is 0 Å². The molecular formula is C15H13N3S. The highest BCUT2D eigenvalue weighted by molar-refractivity contribution is 7.07. The van der Waals surface area contributed by atoms with Gasteiger partial charge in [-0.3, -0.25) is 0 Å². The van der Waals surface area contributed by atoms with Gasteiger partial charge in [0.2, 0.25) is 0 Å². The number of rotatable bonds is 3. The maximum absolute atomic E-state index is 4.50. The number of thiazole rings is 1. The highest BCUT2D eigenvalue weighted by atomic mass is 32.1. The first-order chi connectivity index (χ1) is 9.42. The molecule has 1 aliphatic rings. The lowest BCUT2D eigenvalue weighted by Gasteiger charge is -2.08. The fourth-order valence-corrected chi connectivity index (χ4v) is 2.91. The zero-order valence-corrected chi connectivity index (χ0v) is 11.2. The first-order valence-corrected chi connectivity index (χ1v) is 7.38. The Morgan fingerprint density at radius 3 is 2.95 bits per heavy atom. The van der Waals surface area contributed by atoms with E-state index in [0.717, 1.165) is 11.3 Å². The van der Waals surface area contributed by atoms with Crippen LogP contribution in [0.4, 0.5) is 0 Å². The summed E-state index contributed by atoms with van der Waals surface area (Å²) >= 11 is 1.63. The minimum absolute atomic E-state index is 0.651. The smallest absolute Gasteiger partial charge is 0.116 e. The van der Waals surface area contributed by atoms with E-state index in [2.05, 4.69) is 44.2 Å². The predicted molar refractivity (Wildman–Crippen MR) is 76.6 cm³/mol. The maximum Gasteiger partial charge on any atom is 0.116 e. The largest absolute Gasteiger partial charge is 0.304 e. The average molecular weight is 267 g/mol. The Morgan fingerprint density at radius 2 is 2.16 bits per heavy atom. The normalized spacial score (nSPS) is 14.7. The van der Waals surface area contributed by atoms with Crippen LogP contribution in [0.1, 0.15) is 24.6 Å². The zero-order chi connectivity index (χ0) is 12.7. The van der Waals surface area contributed by atoms with Crippen LogP contribution < -0.4 is 0 Å². The topological polar surface area (TPSA) is 30.7 Å². The molecule has 94 valence electrons. The van der Waals surface area contributed by atoms with E-state index in [9.17, 15) is 0 Å². The molecule has 3 nitrogen and oxygen atoms in total. The van der Waals surface area contributed by atoms with Gasteiger partial charge in [-0.2, -0.15) is 0 Å². The fourth-order valence-electron chi connectivity index (χ4n) is 2.35. The van der Waals surface area contributed by atoms with E-state index in [1.807, 2.05) is 17.9 Å². The van der Waals surface area contributed by atoms with Gasteiger partial charge in [0.15, 0.2) is 0 Å². The quantitative estimate of drug-likeness (QED) is 0.721. The molecule has 0 bridgehead atoms. The summed E-state index contributed by atoms with van der Waals surface area (Å²) in [5.41, 5.74) is 5.24. The van der Waals surface area contributed by atoms with Gasteiger partial charge in [-0.15, -0.1) is 11.3 Å². The third-order valence-corrected chi connectivity index (χ3v) is 4.05. The molecule has 1 fully saturated rings. The summed E-state index contributed by atoms with van der Waals surface area (Å²) in [5.74, 6) is 1.84. The summed E-state index contributed by atoms with van der Waals surface area (Å²) in [5, 5.41) is 2.08. The van der Waals surface area contributed by atoms with Crippen molar-refractivity contribution in [1.29, 1.82) is 0 Å². The summed E-state index contributed by atoms with van der Waals surface area (Å²) in [6, 6.07) is 8.50. The summed E-state index contributed by atoms with van der Waals surface area (Å²) in [7, 11) is 0. The van der Waals surface area contributed by atoms with Gasteiger partial charge in [-0.05, 0) is 25.0 Å². The van der Waals surface area contributed by atoms with E-state index in [1.54, 1.807) is 11.3 Å². The number of hydrogen-bond donors (Lipinski definition) is 0. The predicted octanol–water partition coefficient (Wildman–Crippen LogP) is 3.87. The van der Waals surface area contributed by atoms with Gasteiger partial charge < -0.3 is 4.57 Å². The summed E-state index contributed by atoms with van der Waals surface area (Å²) < 4.78 is 2.20. The highest BCUT2D eigenvalue weighted by Gasteiger charge is 2.28. The van der Waals surface area contributed by atoms with E-state index in [4.69, 9.17) is 0 Å². The molecule has 0 unspecified atom stereocenters. The second-order valence-electron chi connectivity index (χ2n) is 4.85. The van der Waals surface area contributed by atoms with Crippen LogP contribution in [-0.4, -0.2) is 14.5 Å². The molecule has 2 heterocycles. The Morgan fingerprint density at radius 1 is 1.21 bits per heavy atom. The van der Waals surface area contributed by atoms with E-state index in [0.29, 0.717) is 5.92 Å². The SMILES string of the molecule is c1cc(-c2cscn2)cc(-n2ccnc2C2CC2)c1. The minimum atomic E-state index is 0.651. The minimum Gasteiger partial charge on any atom is -0.304 e. The zero-order valence-electron chi connectivity index (χ0n) is 10.4. The molecule has 3 aromatic rings. The summed E-state index contributed by atoms with van der Waals surface area (Å²) in [4.78, 5) is 8.87. The van der Waals surface area contributed by atoms with E-state index in [1.165, 1.54) is 24.4 Å². The monoisotopic (exact) mass is 267 g/mol. The van der Waals surface area contributed by atoms with Crippen LogP contribution in [0.25, 0.3) is 16.9 Å². The molecule has 0 spiro atoms. The summed E-state index contributed by atoms with van der Waals surface area (Å²) in [6.45, 7) is 0. The molecule has 2 aromatic heterocycles. The third kappa shape index (κ3) is 1.98. The van der Waals surface area contributed by atoms with Gasteiger partial charge in [0.05, 0.1) is 11.2 Å². The first-order valence-electron chi connectivity index (χ1n) is 6.44. The molecule has 0 radical (unpaired) electrons.